The highest BCUT2D eigenvalue weighted by Gasteiger charge is 2.11. The van der Waals surface area contributed by atoms with Gasteiger partial charge in [-0.05, 0) is 12.8 Å². The number of hydrogen-bond acceptors (Lipinski definition) is 5. The molecule has 1 saturated heterocycles. The fourth-order valence-electron chi connectivity index (χ4n) is 0.677. The van der Waals surface area contributed by atoms with Gasteiger partial charge in [0.1, 0.15) is 0 Å². The maximum absolute atomic E-state index is 10.0. The van der Waals surface area contributed by atoms with E-state index in [1.165, 1.54) is 12.8 Å². The van der Waals surface area contributed by atoms with Crippen LogP contribution >= 0.6 is 0 Å². The number of ether oxygens (including phenoxy) is 3. The first-order chi connectivity index (χ1) is 6.22. The molecule has 0 radical (unpaired) electrons. The summed E-state index contributed by atoms with van der Waals surface area (Å²) in [5, 5.41) is 0. The number of esters is 2. The summed E-state index contributed by atoms with van der Waals surface area (Å²) in [6, 6.07) is 0. The largest absolute Gasteiger partial charge is 0.461 e. The Balaban J connectivity index is 0.000000243. The van der Waals surface area contributed by atoms with Gasteiger partial charge >= 0.3 is 11.9 Å². The van der Waals surface area contributed by atoms with Crippen LogP contribution in [0.4, 0.5) is 0 Å². The Kier molecular flexibility index (Phi) is 6.91. The summed E-state index contributed by atoms with van der Waals surface area (Å²) in [5.74, 6) is -1.96. The smallest absolute Gasteiger partial charge is 0.417 e. The van der Waals surface area contributed by atoms with Gasteiger partial charge < -0.3 is 14.2 Å². The van der Waals surface area contributed by atoms with Gasteiger partial charge in [0, 0.05) is 13.2 Å². The molecule has 0 atom stereocenters. The molecule has 0 saturated carbocycles. The molecule has 0 aromatic carbocycles. The number of carbonyl (C=O) groups is 2. The molecular weight excluding hydrogens is 176 g/mol. The first kappa shape index (κ1) is 11.9. The van der Waals surface area contributed by atoms with E-state index in [4.69, 9.17) is 4.74 Å². The topological polar surface area (TPSA) is 61.8 Å². The van der Waals surface area contributed by atoms with Crippen molar-refractivity contribution in [2.24, 2.45) is 0 Å². The minimum atomic E-state index is -0.979. The second-order valence-electron chi connectivity index (χ2n) is 2.30. The molecular formula is C8H14O5. The van der Waals surface area contributed by atoms with Crippen LogP contribution in [-0.2, 0) is 23.8 Å². The Morgan fingerprint density at radius 1 is 1.00 bits per heavy atom. The Hall–Kier alpha value is -1.10. The van der Waals surface area contributed by atoms with Gasteiger partial charge in [-0.2, -0.15) is 0 Å². The summed E-state index contributed by atoms with van der Waals surface area (Å²) >= 11 is 0. The SMILES string of the molecule is C1CCOC1.COC(=O)C(=O)OC. The molecule has 0 amide bonds. The van der Waals surface area contributed by atoms with E-state index in [0.717, 1.165) is 27.4 Å². The van der Waals surface area contributed by atoms with Crippen LogP contribution in [0.3, 0.4) is 0 Å². The summed E-state index contributed by atoms with van der Waals surface area (Å²) in [5.41, 5.74) is 0. The fraction of sp³-hybridized carbons (Fsp3) is 0.750. The van der Waals surface area contributed by atoms with Gasteiger partial charge in [-0.15, -0.1) is 0 Å². The molecule has 0 aliphatic carbocycles. The number of carbonyl (C=O) groups excluding carboxylic acids is 2. The zero-order valence-electron chi connectivity index (χ0n) is 7.87. The summed E-state index contributed by atoms with van der Waals surface area (Å²) in [6.07, 6.45) is 2.56. The van der Waals surface area contributed by atoms with Crippen LogP contribution < -0.4 is 0 Å². The van der Waals surface area contributed by atoms with Crippen molar-refractivity contribution >= 4 is 11.9 Å². The third-order valence-electron chi connectivity index (χ3n) is 1.36. The lowest BCUT2D eigenvalue weighted by atomic mass is 10.4. The molecule has 5 nitrogen and oxygen atoms in total. The molecule has 1 aliphatic heterocycles. The highest BCUT2D eigenvalue weighted by molar-refractivity contribution is 6.29. The third kappa shape index (κ3) is 6.10. The van der Waals surface area contributed by atoms with Crippen molar-refractivity contribution in [2.45, 2.75) is 12.8 Å². The van der Waals surface area contributed by atoms with Crippen LogP contribution in [0.5, 0.6) is 0 Å². The zero-order chi connectivity index (χ0) is 10.1. The van der Waals surface area contributed by atoms with Gasteiger partial charge in [-0.3, -0.25) is 0 Å². The summed E-state index contributed by atoms with van der Waals surface area (Å²) in [7, 11) is 2.22. The van der Waals surface area contributed by atoms with E-state index in [-0.39, 0.29) is 0 Å². The molecule has 1 aliphatic rings. The fourth-order valence-corrected chi connectivity index (χ4v) is 0.677. The molecule has 1 heterocycles. The Morgan fingerprint density at radius 2 is 1.38 bits per heavy atom. The van der Waals surface area contributed by atoms with Crippen molar-refractivity contribution in [3.8, 4) is 0 Å². The lowest BCUT2D eigenvalue weighted by Crippen LogP contribution is -2.16. The summed E-state index contributed by atoms with van der Waals surface area (Å²) in [4.78, 5) is 20.1. The van der Waals surface area contributed by atoms with Gasteiger partial charge in [-0.1, -0.05) is 0 Å². The molecule has 0 unspecified atom stereocenters. The Bertz CT molecular complexity index is 140. The first-order valence-electron chi connectivity index (χ1n) is 3.96. The average molecular weight is 190 g/mol. The molecule has 0 aromatic heterocycles. The van der Waals surface area contributed by atoms with Crippen LogP contribution in [0, 0.1) is 0 Å². The molecule has 13 heavy (non-hydrogen) atoms. The normalized spacial score (nSPS) is 14.0. The zero-order valence-corrected chi connectivity index (χ0v) is 7.87. The molecule has 0 aromatic rings. The molecule has 76 valence electrons. The number of methoxy groups -OCH3 is 2. The minimum absolute atomic E-state index is 0.979. The van der Waals surface area contributed by atoms with E-state index in [2.05, 4.69) is 9.47 Å². The Morgan fingerprint density at radius 3 is 1.54 bits per heavy atom. The minimum Gasteiger partial charge on any atom is -0.461 e. The van der Waals surface area contributed by atoms with Gasteiger partial charge in [0.25, 0.3) is 0 Å². The van der Waals surface area contributed by atoms with E-state index in [1.807, 2.05) is 0 Å². The Labute approximate surface area is 77.0 Å². The van der Waals surface area contributed by atoms with Gasteiger partial charge in [0.2, 0.25) is 0 Å². The molecule has 0 bridgehead atoms. The standard InChI is InChI=1S/C4H6O4.C4H8O/c1-7-3(5)4(6)8-2;1-2-4-5-3-1/h1-2H3;1-4H2. The van der Waals surface area contributed by atoms with Crippen molar-refractivity contribution < 1.29 is 23.8 Å². The molecule has 0 spiro atoms. The van der Waals surface area contributed by atoms with Crippen molar-refractivity contribution in [3.63, 3.8) is 0 Å². The van der Waals surface area contributed by atoms with Gasteiger partial charge in [0.15, 0.2) is 0 Å². The van der Waals surface area contributed by atoms with Crippen molar-refractivity contribution in [2.75, 3.05) is 27.4 Å². The van der Waals surface area contributed by atoms with Crippen LogP contribution in [0.1, 0.15) is 12.8 Å². The first-order valence-corrected chi connectivity index (χ1v) is 3.96. The van der Waals surface area contributed by atoms with Crippen LogP contribution in [0.25, 0.3) is 0 Å². The summed E-state index contributed by atoms with van der Waals surface area (Å²) < 4.78 is 12.9. The van der Waals surface area contributed by atoms with Crippen LogP contribution in [-0.4, -0.2) is 39.4 Å². The van der Waals surface area contributed by atoms with Crippen molar-refractivity contribution in [1.82, 2.24) is 0 Å². The molecule has 1 rings (SSSR count). The average Bonchev–Trinajstić information content (AvgIpc) is 2.73. The van der Waals surface area contributed by atoms with E-state index in [9.17, 15) is 9.59 Å². The molecule has 0 N–H and O–H groups in total. The lowest BCUT2D eigenvalue weighted by molar-refractivity contribution is -0.164. The number of rotatable bonds is 0. The van der Waals surface area contributed by atoms with Crippen molar-refractivity contribution in [1.29, 1.82) is 0 Å². The van der Waals surface area contributed by atoms with Gasteiger partial charge in [0.05, 0.1) is 14.2 Å². The summed E-state index contributed by atoms with van der Waals surface area (Å²) in [6.45, 7) is 2.00. The predicted molar refractivity (Wildman–Crippen MR) is 44.1 cm³/mol. The molecule has 1 fully saturated rings. The maximum atomic E-state index is 10.0. The second-order valence-corrected chi connectivity index (χ2v) is 2.30. The highest BCUT2D eigenvalue weighted by Crippen LogP contribution is 1.98. The highest BCUT2D eigenvalue weighted by atomic mass is 16.6. The van der Waals surface area contributed by atoms with E-state index < -0.39 is 11.9 Å². The number of hydrogen-bond donors (Lipinski definition) is 0. The predicted octanol–water partition coefficient (Wildman–Crippen LogP) is 0.129. The monoisotopic (exact) mass is 190 g/mol. The van der Waals surface area contributed by atoms with E-state index in [1.54, 1.807) is 0 Å². The third-order valence-corrected chi connectivity index (χ3v) is 1.36. The quantitative estimate of drug-likeness (QED) is 0.401. The second kappa shape index (κ2) is 7.54. The van der Waals surface area contributed by atoms with Crippen LogP contribution in [0.15, 0.2) is 0 Å². The van der Waals surface area contributed by atoms with Gasteiger partial charge in [-0.25, -0.2) is 9.59 Å². The van der Waals surface area contributed by atoms with E-state index >= 15 is 0 Å². The van der Waals surface area contributed by atoms with Crippen LogP contribution in [0.2, 0.25) is 0 Å². The van der Waals surface area contributed by atoms with Crippen molar-refractivity contribution in [3.05, 3.63) is 0 Å². The molecule has 5 heteroatoms. The lowest BCUT2D eigenvalue weighted by Gasteiger charge is -1.92. The maximum Gasteiger partial charge on any atom is 0.417 e. The van der Waals surface area contributed by atoms with E-state index in [0.29, 0.717) is 0 Å².